The SMILES string of the molecule is CCC1CCCC(N)(c2ccc(F)cc2F)C1. The summed E-state index contributed by atoms with van der Waals surface area (Å²) in [5, 5.41) is 0. The van der Waals surface area contributed by atoms with Gasteiger partial charge >= 0.3 is 0 Å². The number of hydrogen-bond acceptors (Lipinski definition) is 1. The minimum absolute atomic E-state index is 0.469. The first-order chi connectivity index (χ1) is 8.05. The molecule has 1 aromatic rings. The summed E-state index contributed by atoms with van der Waals surface area (Å²) in [5.74, 6) is -0.500. The Labute approximate surface area is 101 Å². The molecular weight excluding hydrogens is 220 g/mol. The molecule has 0 aromatic heterocycles. The normalized spacial score (nSPS) is 29.3. The summed E-state index contributed by atoms with van der Waals surface area (Å²) in [5.41, 5.74) is 6.19. The van der Waals surface area contributed by atoms with Gasteiger partial charge in [-0.15, -0.1) is 0 Å². The Morgan fingerprint density at radius 2 is 2.18 bits per heavy atom. The van der Waals surface area contributed by atoms with Crippen molar-refractivity contribution in [3.8, 4) is 0 Å². The number of halogens is 2. The fourth-order valence-electron chi connectivity index (χ4n) is 2.91. The van der Waals surface area contributed by atoms with Crippen LogP contribution >= 0.6 is 0 Å². The molecule has 2 N–H and O–H groups in total. The second kappa shape index (κ2) is 4.73. The van der Waals surface area contributed by atoms with Crippen LogP contribution in [0.3, 0.4) is 0 Å². The van der Waals surface area contributed by atoms with E-state index in [2.05, 4.69) is 6.92 Å². The van der Waals surface area contributed by atoms with Crippen molar-refractivity contribution in [2.75, 3.05) is 0 Å². The van der Waals surface area contributed by atoms with Gasteiger partial charge in [0, 0.05) is 17.2 Å². The molecule has 0 aliphatic heterocycles. The molecular formula is C14H19F2N. The highest BCUT2D eigenvalue weighted by Gasteiger charge is 2.35. The predicted octanol–water partition coefficient (Wildman–Crippen LogP) is 3.72. The molecule has 1 nitrogen and oxygen atoms in total. The van der Waals surface area contributed by atoms with Gasteiger partial charge in [0.05, 0.1) is 0 Å². The summed E-state index contributed by atoms with van der Waals surface area (Å²) >= 11 is 0. The number of nitrogens with two attached hydrogens (primary N) is 1. The first-order valence-electron chi connectivity index (χ1n) is 6.29. The van der Waals surface area contributed by atoms with Crippen molar-refractivity contribution in [2.45, 2.75) is 44.6 Å². The van der Waals surface area contributed by atoms with Gasteiger partial charge in [-0.1, -0.05) is 32.3 Å². The molecule has 2 unspecified atom stereocenters. The number of hydrogen-bond donors (Lipinski definition) is 1. The Hall–Kier alpha value is -0.960. The van der Waals surface area contributed by atoms with Crippen molar-refractivity contribution in [2.24, 2.45) is 11.7 Å². The monoisotopic (exact) mass is 239 g/mol. The average Bonchev–Trinajstić information content (AvgIpc) is 2.28. The zero-order valence-corrected chi connectivity index (χ0v) is 10.2. The smallest absolute Gasteiger partial charge is 0.131 e. The van der Waals surface area contributed by atoms with Gasteiger partial charge in [0.25, 0.3) is 0 Å². The van der Waals surface area contributed by atoms with Crippen molar-refractivity contribution in [3.63, 3.8) is 0 Å². The molecule has 0 bridgehead atoms. The summed E-state index contributed by atoms with van der Waals surface area (Å²) in [7, 11) is 0. The van der Waals surface area contributed by atoms with E-state index in [9.17, 15) is 8.78 Å². The van der Waals surface area contributed by atoms with Crippen LogP contribution in [0.1, 0.15) is 44.6 Å². The van der Waals surface area contributed by atoms with Crippen LogP contribution in [0.2, 0.25) is 0 Å². The molecule has 1 saturated carbocycles. The molecule has 17 heavy (non-hydrogen) atoms. The lowest BCUT2D eigenvalue weighted by molar-refractivity contribution is 0.216. The minimum Gasteiger partial charge on any atom is -0.321 e. The Morgan fingerprint density at radius 1 is 1.41 bits per heavy atom. The summed E-state index contributed by atoms with van der Waals surface area (Å²) < 4.78 is 26.7. The standard InChI is InChI=1S/C14H19F2N/c1-2-10-4-3-7-14(17,9-10)12-6-5-11(15)8-13(12)16/h5-6,8,10H,2-4,7,9,17H2,1H3. The van der Waals surface area contributed by atoms with E-state index in [-0.39, 0.29) is 0 Å². The van der Waals surface area contributed by atoms with E-state index < -0.39 is 17.2 Å². The van der Waals surface area contributed by atoms with E-state index in [0.29, 0.717) is 11.5 Å². The zero-order valence-electron chi connectivity index (χ0n) is 10.2. The average molecular weight is 239 g/mol. The van der Waals surface area contributed by atoms with E-state index in [0.717, 1.165) is 38.2 Å². The highest BCUT2D eigenvalue weighted by molar-refractivity contribution is 5.27. The van der Waals surface area contributed by atoms with Crippen molar-refractivity contribution >= 4 is 0 Å². The zero-order chi connectivity index (χ0) is 12.5. The first-order valence-corrected chi connectivity index (χ1v) is 6.29. The molecule has 3 heteroatoms. The number of rotatable bonds is 2. The largest absolute Gasteiger partial charge is 0.321 e. The molecule has 1 aromatic carbocycles. The highest BCUT2D eigenvalue weighted by Crippen LogP contribution is 2.40. The topological polar surface area (TPSA) is 26.0 Å². The molecule has 0 saturated heterocycles. The Balaban J connectivity index is 2.30. The van der Waals surface area contributed by atoms with Crippen LogP contribution in [0.5, 0.6) is 0 Å². The highest BCUT2D eigenvalue weighted by atomic mass is 19.1. The molecule has 2 atom stereocenters. The summed E-state index contributed by atoms with van der Waals surface area (Å²) in [6.45, 7) is 2.14. The second-order valence-corrected chi connectivity index (χ2v) is 5.15. The Morgan fingerprint density at radius 3 is 2.82 bits per heavy atom. The summed E-state index contributed by atoms with van der Waals surface area (Å²) in [6, 6.07) is 3.73. The summed E-state index contributed by atoms with van der Waals surface area (Å²) in [6.07, 6.45) is 4.84. The predicted molar refractivity (Wildman–Crippen MR) is 64.5 cm³/mol. The molecule has 0 radical (unpaired) electrons. The van der Waals surface area contributed by atoms with Crippen LogP contribution in [0, 0.1) is 17.6 Å². The Bertz CT molecular complexity index is 405. The fourth-order valence-corrected chi connectivity index (χ4v) is 2.91. The second-order valence-electron chi connectivity index (χ2n) is 5.15. The molecule has 1 fully saturated rings. The van der Waals surface area contributed by atoms with Gasteiger partial charge < -0.3 is 5.73 Å². The van der Waals surface area contributed by atoms with Crippen molar-refractivity contribution in [3.05, 3.63) is 35.4 Å². The van der Waals surface area contributed by atoms with Gasteiger partial charge in [0.1, 0.15) is 11.6 Å². The van der Waals surface area contributed by atoms with Crippen LogP contribution in [-0.2, 0) is 5.54 Å². The minimum atomic E-state index is -0.614. The van der Waals surface area contributed by atoms with E-state index >= 15 is 0 Å². The third-order valence-corrected chi connectivity index (χ3v) is 3.93. The van der Waals surface area contributed by atoms with Crippen LogP contribution < -0.4 is 5.73 Å². The van der Waals surface area contributed by atoms with Gasteiger partial charge in [-0.05, 0) is 24.8 Å². The van der Waals surface area contributed by atoms with Crippen LogP contribution in [0.25, 0.3) is 0 Å². The lowest BCUT2D eigenvalue weighted by Crippen LogP contribution is -2.42. The van der Waals surface area contributed by atoms with Crippen molar-refractivity contribution in [1.29, 1.82) is 0 Å². The fraction of sp³-hybridized carbons (Fsp3) is 0.571. The van der Waals surface area contributed by atoms with E-state index in [1.54, 1.807) is 0 Å². The van der Waals surface area contributed by atoms with E-state index in [1.807, 2.05) is 0 Å². The summed E-state index contributed by atoms with van der Waals surface area (Å²) in [4.78, 5) is 0. The lowest BCUT2D eigenvalue weighted by atomic mass is 9.72. The molecule has 1 aliphatic carbocycles. The third-order valence-electron chi connectivity index (χ3n) is 3.93. The first kappa shape index (κ1) is 12.5. The van der Waals surface area contributed by atoms with Gasteiger partial charge in [0.15, 0.2) is 0 Å². The van der Waals surface area contributed by atoms with Crippen molar-refractivity contribution in [1.82, 2.24) is 0 Å². The van der Waals surface area contributed by atoms with E-state index in [1.165, 1.54) is 12.1 Å². The maximum atomic E-state index is 13.8. The third kappa shape index (κ3) is 2.49. The van der Waals surface area contributed by atoms with Crippen molar-refractivity contribution < 1.29 is 8.78 Å². The quantitative estimate of drug-likeness (QED) is 0.836. The van der Waals surface area contributed by atoms with Gasteiger partial charge in [0.2, 0.25) is 0 Å². The Kier molecular flexibility index (Phi) is 3.48. The molecule has 2 rings (SSSR count). The number of benzene rings is 1. The molecule has 0 heterocycles. The maximum absolute atomic E-state index is 13.8. The molecule has 0 spiro atoms. The van der Waals surface area contributed by atoms with Crippen LogP contribution in [-0.4, -0.2) is 0 Å². The van der Waals surface area contributed by atoms with Gasteiger partial charge in [-0.3, -0.25) is 0 Å². The lowest BCUT2D eigenvalue weighted by Gasteiger charge is -2.38. The maximum Gasteiger partial charge on any atom is 0.131 e. The molecule has 1 aliphatic rings. The van der Waals surface area contributed by atoms with Crippen LogP contribution in [0.4, 0.5) is 8.78 Å². The van der Waals surface area contributed by atoms with Crippen LogP contribution in [0.15, 0.2) is 18.2 Å². The molecule has 0 amide bonds. The van der Waals surface area contributed by atoms with E-state index in [4.69, 9.17) is 5.73 Å². The van der Waals surface area contributed by atoms with Gasteiger partial charge in [-0.25, -0.2) is 8.78 Å². The molecule has 94 valence electrons. The van der Waals surface area contributed by atoms with Gasteiger partial charge in [-0.2, -0.15) is 0 Å².